The maximum Gasteiger partial charge on any atom is 0.231 e. The zero-order valence-electron chi connectivity index (χ0n) is 4.70. The van der Waals surface area contributed by atoms with Gasteiger partial charge in [-0.05, 0) is 6.08 Å². The van der Waals surface area contributed by atoms with Gasteiger partial charge in [-0.15, -0.1) is 12.6 Å². The number of rotatable bonds is 0. The van der Waals surface area contributed by atoms with Crippen LogP contribution < -0.4 is 16.8 Å². The van der Waals surface area contributed by atoms with E-state index in [2.05, 4.69) is 22.9 Å². The van der Waals surface area contributed by atoms with Gasteiger partial charge in [0.05, 0.1) is 0 Å². The summed E-state index contributed by atoms with van der Waals surface area (Å²) in [6.07, 6.45) is 3.22. The van der Waals surface area contributed by atoms with Crippen molar-refractivity contribution in [1.29, 1.82) is 0 Å². The monoisotopic (exact) mass is 144 g/mol. The van der Waals surface area contributed by atoms with E-state index < -0.39 is 5.12 Å². The van der Waals surface area contributed by atoms with E-state index in [-0.39, 0.29) is 0 Å². The Kier molecular flexibility index (Phi) is 1.38. The van der Waals surface area contributed by atoms with Gasteiger partial charge in [-0.2, -0.15) is 0 Å². The molecule has 1 atom stereocenters. The summed E-state index contributed by atoms with van der Waals surface area (Å²) in [6, 6.07) is 0. The first-order chi connectivity index (χ1) is 4.10. The van der Waals surface area contributed by atoms with Crippen LogP contribution in [0.5, 0.6) is 0 Å². The van der Waals surface area contributed by atoms with E-state index in [0.717, 1.165) is 0 Å². The molecule has 1 aliphatic heterocycles. The lowest BCUT2D eigenvalue weighted by atomic mass is 10.5. The molecule has 4 nitrogen and oxygen atoms in total. The van der Waals surface area contributed by atoms with Crippen molar-refractivity contribution in [2.24, 2.45) is 16.5 Å². The summed E-state index contributed by atoms with van der Waals surface area (Å²) in [5.41, 5.74) is 10.7. The van der Waals surface area contributed by atoms with E-state index in [4.69, 9.17) is 11.5 Å². The van der Waals surface area contributed by atoms with E-state index in [1.807, 2.05) is 0 Å². The van der Waals surface area contributed by atoms with Crippen molar-refractivity contribution in [1.82, 2.24) is 5.32 Å². The molecule has 0 saturated carbocycles. The topological polar surface area (TPSA) is 76.4 Å². The molecule has 1 rings (SSSR count). The van der Waals surface area contributed by atoms with Crippen LogP contribution in [0, 0.1) is 0 Å². The first-order valence-corrected chi connectivity index (χ1v) is 2.86. The van der Waals surface area contributed by atoms with Crippen LogP contribution in [-0.2, 0) is 0 Å². The number of nitrogens with zero attached hydrogens (tertiary/aromatic N) is 1. The Hall–Kier alpha value is -0.680. The van der Waals surface area contributed by atoms with Crippen LogP contribution in [0.4, 0.5) is 0 Å². The van der Waals surface area contributed by atoms with Crippen LogP contribution in [-0.4, -0.2) is 11.0 Å². The van der Waals surface area contributed by atoms with E-state index in [9.17, 15) is 0 Å². The third-order valence-electron chi connectivity index (χ3n) is 0.849. The van der Waals surface area contributed by atoms with E-state index in [1.54, 1.807) is 12.3 Å². The standard InChI is InChI=1S/C4H8N4S/c5-3-1-2-7-4(6,9)8-3/h1-2,7,9H,6H2,(H2,5,8). The SMILES string of the molecule is NC1=NC(N)(S)NC=C1. The van der Waals surface area contributed by atoms with Gasteiger partial charge in [0, 0.05) is 6.20 Å². The Morgan fingerprint density at radius 1 is 1.78 bits per heavy atom. The van der Waals surface area contributed by atoms with Crippen LogP contribution in [0.25, 0.3) is 0 Å². The molecule has 0 amide bonds. The van der Waals surface area contributed by atoms with Gasteiger partial charge < -0.3 is 11.1 Å². The number of hydrogen-bond acceptors (Lipinski definition) is 5. The lowest BCUT2D eigenvalue weighted by molar-refractivity contribution is 0.580. The molecule has 50 valence electrons. The molecule has 9 heavy (non-hydrogen) atoms. The molecule has 0 spiro atoms. The van der Waals surface area contributed by atoms with Crippen molar-refractivity contribution in [2.45, 2.75) is 5.12 Å². The second kappa shape index (κ2) is 1.93. The van der Waals surface area contributed by atoms with Crippen molar-refractivity contribution in [3.63, 3.8) is 0 Å². The van der Waals surface area contributed by atoms with Crippen molar-refractivity contribution >= 4 is 18.5 Å². The molecule has 5 heteroatoms. The van der Waals surface area contributed by atoms with Crippen molar-refractivity contribution in [3.8, 4) is 0 Å². The van der Waals surface area contributed by atoms with Gasteiger partial charge in [0.25, 0.3) is 0 Å². The lowest BCUT2D eigenvalue weighted by Gasteiger charge is -2.21. The molecule has 1 heterocycles. The van der Waals surface area contributed by atoms with Crippen LogP contribution >= 0.6 is 12.6 Å². The van der Waals surface area contributed by atoms with Gasteiger partial charge in [-0.25, -0.2) is 4.99 Å². The molecule has 0 radical (unpaired) electrons. The first kappa shape index (κ1) is 6.44. The van der Waals surface area contributed by atoms with Crippen LogP contribution in [0.2, 0.25) is 0 Å². The molecule has 1 unspecified atom stereocenters. The number of aliphatic imine (C=N–C) groups is 1. The molecule has 0 fully saturated rings. The minimum Gasteiger partial charge on any atom is -0.384 e. The highest BCUT2D eigenvalue weighted by molar-refractivity contribution is 7.81. The molecule has 1 aliphatic rings. The van der Waals surface area contributed by atoms with Crippen LogP contribution in [0.1, 0.15) is 0 Å². The second-order valence-corrected chi connectivity index (χ2v) is 2.42. The third-order valence-corrected chi connectivity index (χ3v) is 1.08. The fourth-order valence-corrected chi connectivity index (χ4v) is 0.706. The van der Waals surface area contributed by atoms with Crippen molar-refractivity contribution in [2.75, 3.05) is 0 Å². The second-order valence-electron chi connectivity index (χ2n) is 1.74. The minimum atomic E-state index is -1.03. The molecule has 0 aromatic heterocycles. The Morgan fingerprint density at radius 3 is 2.78 bits per heavy atom. The molecule has 0 saturated heterocycles. The Balaban J connectivity index is 2.78. The maximum absolute atomic E-state index is 5.40. The summed E-state index contributed by atoms with van der Waals surface area (Å²) in [6.45, 7) is 0. The zero-order chi connectivity index (χ0) is 6.91. The predicted octanol–water partition coefficient (Wildman–Crippen LogP) is -1.04. The van der Waals surface area contributed by atoms with Gasteiger partial charge in [0.15, 0.2) is 0 Å². The maximum atomic E-state index is 5.40. The molecule has 0 aromatic carbocycles. The highest BCUT2D eigenvalue weighted by Crippen LogP contribution is 2.05. The van der Waals surface area contributed by atoms with Gasteiger partial charge in [0.1, 0.15) is 5.84 Å². The number of thiol groups is 1. The molecule has 0 bridgehead atoms. The molecular formula is C4H8N4S. The summed E-state index contributed by atoms with van der Waals surface area (Å²) >= 11 is 3.93. The molecule has 0 aromatic rings. The molecule has 0 aliphatic carbocycles. The summed E-state index contributed by atoms with van der Waals surface area (Å²) in [5, 5.41) is 1.65. The largest absolute Gasteiger partial charge is 0.384 e. The lowest BCUT2D eigenvalue weighted by Crippen LogP contribution is -2.47. The Labute approximate surface area is 58.4 Å². The number of amidine groups is 1. The Bertz CT molecular complexity index is 171. The number of nitrogens with one attached hydrogen (secondary N) is 1. The highest BCUT2D eigenvalue weighted by atomic mass is 32.1. The minimum absolute atomic E-state index is 0.381. The van der Waals surface area contributed by atoms with Gasteiger partial charge in [0.2, 0.25) is 5.12 Å². The normalized spacial score (nSPS) is 33.3. The quantitative estimate of drug-likeness (QED) is 0.259. The third kappa shape index (κ3) is 1.62. The summed E-state index contributed by atoms with van der Waals surface area (Å²) in [4.78, 5) is 3.75. The van der Waals surface area contributed by atoms with E-state index in [1.165, 1.54) is 0 Å². The summed E-state index contributed by atoms with van der Waals surface area (Å²) in [7, 11) is 0. The van der Waals surface area contributed by atoms with Crippen LogP contribution in [0.15, 0.2) is 17.3 Å². The predicted molar refractivity (Wildman–Crippen MR) is 39.8 cm³/mol. The van der Waals surface area contributed by atoms with E-state index in [0.29, 0.717) is 5.84 Å². The van der Waals surface area contributed by atoms with Crippen molar-refractivity contribution < 1.29 is 0 Å². The average molecular weight is 144 g/mol. The smallest absolute Gasteiger partial charge is 0.231 e. The summed E-state index contributed by atoms with van der Waals surface area (Å²) in [5.74, 6) is 0.381. The number of hydrogen-bond donors (Lipinski definition) is 4. The zero-order valence-corrected chi connectivity index (χ0v) is 5.60. The van der Waals surface area contributed by atoms with Gasteiger partial charge in [-0.1, -0.05) is 0 Å². The van der Waals surface area contributed by atoms with Gasteiger partial charge >= 0.3 is 0 Å². The molecular weight excluding hydrogens is 136 g/mol. The van der Waals surface area contributed by atoms with Gasteiger partial charge in [-0.3, -0.25) is 5.73 Å². The first-order valence-electron chi connectivity index (χ1n) is 2.41. The fourth-order valence-electron chi connectivity index (χ4n) is 0.516. The highest BCUT2D eigenvalue weighted by Gasteiger charge is 2.17. The number of nitrogens with two attached hydrogens (primary N) is 2. The average Bonchev–Trinajstić information content (AvgIpc) is 1.60. The van der Waals surface area contributed by atoms with E-state index >= 15 is 0 Å². The van der Waals surface area contributed by atoms with Crippen molar-refractivity contribution in [3.05, 3.63) is 12.3 Å². The Morgan fingerprint density at radius 2 is 2.44 bits per heavy atom. The molecule has 5 N–H and O–H groups in total. The van der Waals surface area contributed by atoms with Crippen LogP contribution in [0.3, 0.4) is 0 Å². The fraction of sp³-hybridized carbons (Fsp3) is 0.250. The summed E-state index contributed by atoms with van der Waals surface area (Å²) < 4.78 is 0.